The molecule has 0 aliphatic heterocycles. The van der Waals surface area contributed by atoms with Crippen LogP contribution in [0.5, 0.6) is 5.75 Å². The van der Waals surface area contributed by atoms with Crippen LogP contribution >= 0.6 is 0 Å². The Kier molecular flexibility index (Phi) is 5.90. The number of urea groups is 1. The van der Waals surface area contributed by atoms with E-state index in [9.17, 15) is 9.59 Å². The summed E-state index contributed by atoms with van der Waals surface area (Å²) in [5, 5.41) is 3.66. The number of carbonyl (C=O) groups is 2. The number of primary amides is 1. The zero-order valence-electron chi connectivity index (χ0n) is 13.0. The average Bonchev–Trinajstić information content (AvgIpc) is 2.60. The lowest BCUT2D eigenvalue weighted by Crippen LogP contribution is -2.24. The molecule has 0 aliphatic rings. The van der Waals surface area contributed by atoms with Gasteiger partial charge in [-0.25, -0.2) is 15.0 Å². The van der Waals surface area contributed by atoms with Crippen molar-refractivity contribution in [3.63, 3.8) is 0 Å². The summed E-state index contributed by atoms with van der Waals surface area (Å²) in [6.45, 7) is 0. The van der Waals surface area contributed by atoms with Crippen molar-refractivity contribution in [1.29, 1.82) is 0 Å². The van der Waals surface area contributed by atoms with E-state index in [1.807, 2.05) is 18.2 Å². The van der Waals surface area contributed by atoms with Crippen molar-refractivity contribution in [3.05, 3.63) is 65.7 Å². The van der Waals surface area contributed by atoms with Gasteiger partial charge in [-0.1, -0.05) is 30.3 Å². The Labute approximate surface area is 139 Å². The highest BCUT2D eigenvalue weighted by Crippen LogP contribution is 2.23. The van der Waals surface area contributed by atoms with Crippen molar-refractivity contribution in [2.24, 2.45) is 10.8 Å². The first-order chi connectivity index (χ1) is 11.6. The minimum atomic E-state index is -0.854. The third kappa shape index (κ3) is 4.84. The average molecular weight is 327 g/mol. The van der Waals surface area contributed by atoms with Gasteiger partial charge in [0.2, 0.25) is 6.10 Å². The molecule has 1 atom stereocenters. The van der Waals surface area contributed by atoms with Crippen molar-refractivity contribution in [1.82, 2.24) is 5.43 Å². The molecule has 0 radical (unpaired) electrons. The standard InChI is InChI=1S/C17H17N3O4/c1-23-16(21)15(13-5-3-2-4-6-13)24-14-9-7-12(8-10-14)11-19-20-17(18)22/h2-11,15H,1H3,(H3,18,20,22). The summed E-state index contributed by atoms with van der Waals surface area (Å²) < 4.78 is 10.5. The maximum atomic E-state index is 12.0. The molecule has 7 nitrogen and oxygen atoms in total. The summed E-state index contributed by atoms with van der Waals surface area (Å²) in [6.07, 6.45) is 0.580. The lowest BCUT2D eigenvalue weighted by atomic mass is 10.1. The molecule has 0 aliphatic carbocycles. The number of amides is 2. The van der Waals surface area contributed by atoms with Gasteiger partial charge in [0.05, 0.1) is 13.3 Å². The topological polar surface area (TPSA) is 103 Å². The van der Waals surface area contributed by atoms with Gasteiger partial charge >= 0.3 is 12.0 Å². The third-order valence-corrected chi connectivity index (χ3v) is 3.04. The number of methoxy groups -OCH3 is 1. The number of hydrogen-bond donors (Lipinski definition) is 2. The number of rotatable bonds is 6. The molecule has 0 heterocycles. The van der Waals surface area contributed by atoms with E-state index in [-0.39, 0.29) is 0 Å². The number of esters is 1. The van der Waals surface area contributed by atoms with E-state index in [0.29, 0.717) is 11.3 Å². The van der Waals surface area contributed by atoms with Crippen LogP contribution in [-0.2, 0) is 9.53 Å². The fourth-order valence-electron chi connectivity index (χ4n) is 1.93. The fraction of sp³-hybridized carbons (Fsp3) is 0.118. The minimum Gasteiger partial charge on any atom is -0.474 e. The molecule has 24 heavy (non-hydrogen) atoms. The number of nitrogens with two attached hydrogens (primary N) is 1. The highest BCUT2D eigenvalue weighted by molar-refractivity contribution is 5.81. The Bertz CT molecular complexity index is 714. The zero-order chi connectivity index (χ0) is 17.4. The molecule has 2 aromatic carbocycles. The smallest absolute Gasteiger partial charge is 0.351 e. The van der Waals surface area contributed by atoms with Gasteiger partial charge in [-0.3, -0.25) is 0 Å². The van der Waals surface area contributed by atoms with Gasteiger partial charge in [-0.05, 0) is 29.8 Å². The second-order valence-electron chi connectivity index (χ2n) is 4.74. The molecule has 0 aromatic heterocycles. The number of benzene rings is 2. The number of hydrogen-bond acceptors (Lipinski definition) is 5. The van der Waals surface area contributed by atoms with Crippen LogP contribution in [0.3, 0.4) is 0 Å². The van der Waals surface area contributed by atoms with Crippen LogP contribution in [0, 0.1) is 0 Å². The number of nitrogens with one attached hydrogen (secondary N) is 1. The molecule has 2 aromatic rings. The van der Waals surface area contributed by atoms with E-state index in [1.165, 1.54) is 13.3 Å². The van der Waals surface area contributed by atoms with Crippen LogP contribution < -0.4 is 15.9 Å². The predicted molar refractivity (Wildman–Crippen MR) is 88.6 cm³/mol. The second-order valence-corrected chi connectivity index (χ2v) is 4.74. The van der Waals surface area contributed by atoms with Gasteiger partial charge < -0.3 is 15.2 Å². The molecule has 0 saturated heterocycles. The Hall–Kier alpha value is -3.35. The summed E-state index contributed by atoms with van der Waals surface area (Å²) in [5.41, 5.74) is 8.43. The number of carbonyl (C=O) groups excluding carboxylic acids is 2. The molecule has 7 heteroatoms. The van der Waals surface area contributed by atoms with Crippen LogP contribution in [0.4, 0.5) is 4.79 Å². The summed E-state index contributed by atoms with van der Waals surface area (Å²) in [6, 6.07) is 15.1. The van der Waals surface area contributed by atoms with Crippen molar-refractivity contribution >= 4 is 18.2 Å². The third-order valence-electron chi connectivity index (χ3n) is 3.04. The second kappa shape index (κ2) is 8.33. The van der Waals surface area contributed by atoms with Crippen molar-refractivity contribution in [2.75, 3.05) is 7.11 Å². The van der Waals surface area contributed by atoms with Gasteiger partial charge in [-0.15, -0.1) is 0 Å². The normalized spacial score (nSPS) is 11.7. The lowest BCUT2D eigenvalue weighted by Gasteiger charge is -2.17. The molecular weight excluding hydrogens is 310 g/mol. The minimum absolute atomic E-state index is 0.488. The molecule has 0 spiro atoms. The van der Waals surface area contributed by atoms with Crippen LogP contribution in [0.25, 0.3) is 0 Å². The Balaban J connectivity index is 2.11. The Morgan fingerprint density at radius 2 is 1.79 bits per heavy atom. The number of nitrogens with zero attached hydrogens (tertiary/aromatic N) is 1. The van der Waals surface area contributed by atoms with E-state index >= 15 is 0 Å². The Morgan fingerprint density at radius 3 is 2.38 bits per heavy atom. The van der Waals surface area contributed by atoms with Gasteiger partial charge in [0.25, 0.3) is 0 Å². The van der Waals surface area contributed by atoms with Crippen molar-refractivity contribution in [2.45, 2.75) is 6.10 Å². The first-order valence-corrected chi connectivity index (χ1v) is 7.08. The summed E-state index contributed by atoms with van der Waals surface area (Å²) in [7, 11) is 1.31. The van der Waals surface area contributed by atoms with E-state index in [1.54, 1.807) is 36.4 Å². The van der Waals surface area contributed by atoms with Gasteiger partial charge in [0.15, 0.2) is 0 Å². The van der Waals surface area contributed by atoms with Gasteiger partial charge in [-0.2, -0.15) is 5.10 Å². The highest BCUT2D eigenvalue weighted by atomic mass is 16.6. The molecule has 1 unspecified atom stereocenters. The molecule has 124 valence electrons. The quantitative estimate of drug-likeness (QED) is 0.481. The molecule has 2 amide bonds. The first kappa shape index (κ1) is 17.0. The van der Waals surface area contributed by atoms with Crippen LogP contribution in [0.1, 0.15) is 17.2 Å². The van der Waals surface area contributed by atoms with E-state index < -0.39 is 18.1 Å². The largest absolute Gasteiger partial charge is 0.474 e. The number of ether oxygens (including phenoxy) is 2. The molecule has 0 fully saturated rings. The van der Waals surface area contributed by atoms with E-state index in [2.05, 4.69) is 10.5 Å². The molecule has 0 saturated carbocycles. The maximum Gasteiger partial charge on any atom is 0.351 e. The molecule has 2 rings (SSSR count). The lowest BCUT2D eigenvalue weighted by molar-refractivity contribution is -0.149. The highest BCUT2D eigenvalue weighted by Gasteiger charge is 2.23. The zero-order valence-corrected chi connectivity index (χ0v) is 13.0. The maximum absolute atomic E-state index is 12.0. The van der Waals surface area contributed by atoms with Crippen LogP contribution in [-0.4, -0.2) is 25.3 Å². The summed E-state index contributed by atoms with van der Waals surface area (Å²) in [4.78, 5) is 22.5. The summed E-state index contributed by atoms with van der Waals surface area (Å²) >= 11 is 0. The SMILES string of the molecule is COC(=O)C(Oc1ccc(C=NNC(N)=O)cc1)c1ccccc1. The van der Waals surface area contributed by atoms with Crippen molar-refractivity contribution < 1.29 is 19.1 Å². The summed E-state index contributed by atoms with van der Waals surface area (Å²) in [5.74, 6) is 0.00626. The Morgan fingerprint density at radius 1 is 1.12 bits per heavy atom. The van der Waals surface area contributed by atoms with Crippen molar-refractivity contribution in [3.8, 4) is 5.75 Å². The molecule has 3 N–H and O–H groups in total. The molecule has 0 bridgehead atoms. The fourth-order valence-corrected chi connectivity index (χ4v) is 1.93. The van der Waals surface area contributed by atoms with Crippen LogP contribution in [0.2, 0.25) is 0 Å². The van der Waals surface area contributed by atoms with Gasteiger partial charge in [0.1, 0.15) is 5.75 Å². The first-order valence-electron chi connectivity index (χ1n) is 7.08. The van der Waals surface area contributed by atoms with E-state index in [4.69, 9.17) is 15.2 Å². The van der Waals surface area contributed by atoms with Gasteiger partial charge in [0, 0.05) is 5.56 Å². The number of hydrazone groups is 1. The molecular formula is C17H17N3O4. The predicted octanol–water partition coefficient (Wildman–Crippen LogP) is 1.98. The van der Waals surface area contributed by atoms with Crippen LogP contribution in [0.15, 0.2) is 59.7 Å². The van der Waals surface area contributed by atoms with E-state index in [0.717, 1.165) is 5.56 Å². The monoisotopic (exact) mass is 327 g/mol.